The van der Waals surface area contributed by atoms with E-state index in [-0.39, 0.29) is 11.3 Å². The van der Waals surface area contributed by atoms with Crippen LogP contribution in [0.3, 0.4) is 0 Å². The molecule has 2 aromatic carbocycles. The van der Waals surface area contributed by atoms with Gasteiger partial charge < -0.3 is 9.84 Å². The lowest BCUT2D eigenvalue weighted by atomic mass is 9.97. The summed E-state index contributed by atoms with van der Waals surface area (Å²) in [4.78, 5) is 23.6. The van der Waals surface area contributed by atoms with E-state index in [1.165, 1.54) is 24.3 Å². The molecule has 1 fully saturated rings. The molecule has 0 aromatic heterocycles. The number of hydrogen-bond acceptors (Lipinski definition) is 4. The summed E-state index contributed by atoms with van der Waals surface area (Å²) in [7, 11) is 0. The van der Waals surface area contributed by atoms with Crippen LogP contribution >= 0.6 is 0 Å². The summed E-state index contributed by atoms with van der Waals surface area (Å²) in [6.07, 6.45) is -1.04. The van der Waals surface area contributed by atoms with Gasteiger partial charge in [0.15, 0.2) is 6.10 Å². The monoisotopic (exact) mass is 298 g/mol. The average molecular weight is 298 g/mol. The molecule has 1 atom stereocenters. The van der Waals surface area contributed by atoms with Crippen LogP contribution in [0, 0.1) is 5.82 Å². The molecule has 1 N–H and O–H groups in total. The van der Waals surface area contributed by atoms with Gasteiger partial charge in [-0.2, -0.15) is 0 Å². The second-order valence-corrected chi connectivity index (χ2v) is 4.79. The smallest absolute Gasteiger partial charge is 0.380 e. The fourth-order valence-electron chi connectivity index (χ4n) is 2.30. The Balaban J connectivity index is 2.11. The molecule has 1 aliphatic heterocycles. The number of cyclic esters (lactones) is 1. The first-order valence-corrected chi connectivity index (χ1v) is 6.57. The highest BCUT2D eigenvalue weighted by atomic mass is 19.1. The zero-order valence-electron chi connectivity index (χ0n) is 11.3. The van der Waals surface area contributed by atoms with E-state index in [1.54, 1.807) is 30.3 Å². The van der Waals surface area contributed by atoms with E-state index in [9.17, 15) is 19.1 Å². The third-order valence-electron chi connectivity index (χ3n) is 3.39. The Morgan fingerprint density at radius 2 is 1.64 bits per heavy atom. The van der Waals surface area contributed by atoms with Crippen molar-refractivity contribution in [3.63, 3.8) is 0 Å². The van der Waals surface area contributed by atoms with Crippen LogP contribution in [-0.2, 0) is 14.3 Å². The Morgan fingerprint density at radius 1 is 1.00 bits per heavy atom. The Kier molecular flexibility index (Phi) is 3.47. The number of benzene rings is 2. The predicted octanol–water partition coefficient (Wildman–Crippen LogP) is 2.96. The third-order valence-corrected chi connectivity index (χ3v) is 3.39. The van der Waals surface area contributed by atoms with E-state index >= 15 is 0 Å². The summed E-state index contributed by atoms with van der Waals surface area (Å²) in [6, 6.07) is 13.6. The van der Waals surface area contributed by atoms with Gasteiger partial charge in [0, 0.05) is 5.56 Å². The molecule has 3 rings (SSSR count). The molecule has 0 amide bonds. The minimum Gasteiger partial charge on any atom is -0.507 e. The fraction of sp³-hybridized carbons (Fsp3) is 0.0588. The van der Waals surface area contributed by atoms with Crippen LogP contribution in [0.1, 0.15) is 17.2 Å². The third kappa shape index (κ3) is 2.37. The molecule has 0 saturated carbocycles. The summed E-state index contributed by atoms with van der Waals surface area (Å²) < 4.78 is 18.0. The average Bonchev–Trinajstić information content (AvgIpc) is 2.84. The highest BCUT2D eigenvalue weighted by molar-refractivity contribution is 6.44. The number of aliphatic hydroxyl groups is 1. The topological polar surface area (TPSA) is 63.6 Å². The van der Waals surface area contributed by atoms with Gasteiger partial charge in [-0.05, 0) is 17.7 Å². The second kappa shape index (κ2) is 5.44. The number of Topliss-reactive ketones (excluding diaryl/α,β-unsaturated/α-hetero) is 1. The van der Waals surface area contributed by atoms with Gasteiger partial charge in [0.05, 0.1) is 5.57 Å². The first kappa shape index (κ1) is 14.0. The molecule has 1 heterocycles. The van der Waals surface area contributed by atoms with Crippen LogP contribution in [0.4, 0.5) is 4.39 Å². The van der Waals surface area contributed by atoms with Crippen molar-refractivity contribution in [1.82, 2.24) is 0 Å². The van der Waals surface area contributed by atoms with Crippen LogP contribution in [0.15, 0.2) is 60.2 Å². The summed E-state index contributed by atoms with van der Waals surface area (Å²) in [5.41, 5.74) is 0.678. The van der Waals surface area contributed by atoms with Crippen LogP contribution < -0.4 is 0 Å². The van der Waals surface area contributed by atoms with E-state index in [0.717, 1.165) is 0 Å². The molecule has 22 heavy (non-hydrogen) atoms. The fourth-order valence-corrected chi connectivity index (χ4v) is 2.30. The number of carbonyl (C=O) groups is 2. The SMILES string of the molecule is O=C1O[C@H](c2ccc(F)cc2)/C(=C(/O)c2ccccc2)C1=O. The van der Waals surface area contributed by atoms with Gasteiger partial charge in [0.2, 0.25) is 0 Å². The zero-order chi connectivity index (χ0) is 15.7. The van der Waals surface area contributed by atoms with Crippen molar-refractivity contribution < 1.29 is 23.8 Å². The first-order chi connectivity index (χ1) is 10.6. The molecular weight excluding hydrogens is 287 g/mol. The van der Waals surface area contributed by atoms with Gasteiger partial charge in [-0.1, -0.05) is 42.5 Å². The van der Waals surface area contributed by atoms with Crippen molar-refractivity contribution in [1.29, 1.82) is 0 Å². The van der Waals surface area contributed by atoms with Crippen molar-refractivity contribution in [2.75, 3.05) is 0 Å². The Hall–Kier alpha value is -2.95. The number of halogens is 1. The molecule has 0 spiro atoms. The van der Waals surface area contributed by atoms with Gasteiger partial charge in [-0.25, -0.2) is 9.18 Å². The minimum absolute atomic E-state index is 0.136. The van der Waals surface area contributed by atoms with Gasteiger partial charge >= 0.3 is 5.97 Å². The molecule has 0 aliphatic carbocycles. The Labute approximate surface area is 125 Å². The van der Waals surface area contributed by atoms with Gasteiger partial charge in [0.1, 0.15) is 11.6 Å². The van der Waals surface area contributed by atoms with Crippen molar-refractivity contribution in [3.8, 4) is 0 Å². The van der Waals surface area contributed by atoms with E-state index in [0.29, 0.717) is 11.1 Å². The van der Waals surface area contributed by atoms with Crippen molar-refractivity contribution in [2.45, 2.75) is 6.10 Å². The van der Waals surface area contributed by atoms with Crippen LogP contribution in [0.25, 0.3) is 5.76 Å². The molecule has 0 bridgehead atoms. The van der Waals surface area contributed by atoms with Crippen LogP contribution in [0.2, 0.25) is 0 Å². The molecule has 0 unspecified atom stereocenters. The lowest BCUT2D eigenvalue weighted by molar-refractivity contribution is -0.149. The molecule has 5 heteroatoms. The van der Waals surface area contributed by atoms with E-state index in [2.05, 4.69) is 0 Å². The lowest BCUT2D eigenvalue weighted by Gasteiger charge is -2.12. The summed E-state index contributed by atoms with van der Waals surface area (Å²) in [5, 5.41) is 10.3. The molecule has 110 valence electrons. The molecular formula is C17H11FO4. The van der Waals surface area contributed by atoms with Gasteiger partial charge in [-0.3, -0.25) is 4.79 Å². The number of esters is 1. The second-order valence-electron chi connectivity index (χ2n) is 4.79. The summed E-state index contributed by atoms with van der Waals surface area (Å²) in [5.74, 6) is -2.69. The maximum atomic E-state index is 13.0. The Morgan fingerprint density at radius 3 is 2.27 bits per heavy atom. The normalized spacial score (nSPS) is 20.0. The van der Waals surface area contributed by atoms with E-state index in [4.69, 9.17) is 4.74 Å². The van der Waals surface area contributed by atoms with Crippen molar-refractivity contribution in [2.24, 2.45) is 0 Å². The number of aliphatic hydroxyl groups excluding tert-OH is 1. The number of ether oxygens (including phenoxy) is 1. The molecule has 0 radical (unpaired) electrons. The van der Waals surface area contributed by atoms with Crippen LogP contribution in [-0.4, -0.2) is 16.9 Å². The zero-order valence-corrected chi connectivity index (χ0v) is 11.3. The number of rotatable bonds is 2. The lowest BCUT2D eigenvalue weighted by Crippen LogP contribution is -2.08. The van der Waals surface area contributed by atoms with Gasteiger partial charge in [0.25, 0.3) is 5.78 Å². The molecule has 2 aromatic rings. The maximum Gasteiger partial charge on any atom is 0.380 e. The molecule has 1 saturated heterocycles. The Bertz CT molecular complexity index is 763. The largest absolute Gasteiger partial charge is 0.507 e. The molecule has 1 aliphatic rings. The maximum absolute atomic E-state index is 13.0. The summed E-state index contributed by atoms with van der Waals surface area (Å²) >= 11 is 0. The minimum atomic E-state index is -1.04. The highest BCUT2D eigenvalue weighted by Crippen LogP contribution is 2.36. The summed E-state index contributed by atoms with van der Waals surface area (Å²) in [6.45, 7) is 0. The van der Waals surface area contributed by atoms with Crippen molar-refractivity contribution >= 4 is 17.5 Å². The predicted molar refractivity (Wildman–Crippen MR) is 76.2 cm³/mol. The molecule has 4 nitrogen and oxygen atoms in total. The van der Waals surface area contributed by atoms with Crippen LogP contribution in [0.5, 0.6) is 0 Å². The highest BCUT2D eigenvalue weighted by Gasteiger charge is 2.42. The number of carbonyl (C=O) groups excluding carboxylic acids is 2. The van der Waals surface area contributed by atoms with E-state index in [1.807, 2.05) is 0 Å². The standard InChI is InChI=1S/C17H11FO4/c18-12-8-6-11(7-9-12)16-13(15(20)17(21)22-16)14(19)10-4-2-1-3-5-10/h1-9,16,19H/b14-13+/t16-/m1/s1. The first-order valence-electron chi connectivity index (χ1n) is 6.57. The van der Waals surface area contributed by atoms with Crippen molar-refractivity contribution in [3.05, 3.63) is 77.1 Å². The van der Waals surface area contributed by atoms with E-state index < -0.39 is 23.7 Å². The number of ketones is 1. The quantitative estimate of drug-likeness (QED) is 0.401. The number of hydrogen-bond donors (Lipinski definition) is 1. The van der Waals surface area contributed by atoms with Gasteiger partial charge in [-0.15, -0.1) is 0 Å².